The van der Waals surface area contributed by atoms with Gasteiger partial charge in [0, 0.05) is 57.1 Å². The molecule has 0 aromatic heterocycles. The smallest absolute Gasteiger partial charge is 0.311 e. The highest BCUT2D eigenvalue weighted by Crippen LogP contribution is 2.39. The van der Waals surface area contributed by atoms with E-state index in [-0.39, 0.29) is 36.4 Å². The lowest BCUT2D eigenvalue weighted by Gasteiger charge is -2.48. The predicted molar refractivity (Wildman–Crippen MR) is 160 cm³/mol. The maximum atomic E-state index is 13.5. The van der Waals surface area contributed by atoms with E-state index in [1.54, 1.807) is 7.11 Å². The second-order valence-electron chi connectivity index (χ2n) is 14.7. The molecule has 9 heteroatoms. The van der Waals surface area contributed by atoms with Crippen molar-refractivity contribution >= 4 is 5.97 Å². The molecular weight excluding hydrogens is 522 g/mol. The molecule has 0 aliphatic carbocycles. The number of carbonyl (C=O) groups is 1. The van der Waals surface area contributed by atoms with E-state index in [1.807, 2.05) is 13.8 Å². The molecule has 0 N–H and O–H groups in total. The fraction of sp³-hybridized carbons (Fsp3) is 0.969. The molecule has 0 bridgehead atoms. The Morgan fingerprint density at radius 3 is 2.39 bits per heavy atom. The largest absolute Gasteiger partial charge is 0.464 e. The van der Waals surface area contributed by atoms with Gasteiger partial charge < -0.3 is 33.5 Å². The highest BCUT2D eigenvalue weighted by atomic mass is 16.7. The zero-order valence-corrected chi connectivity index (χ0v) is 27.4. The molecule has 4 aliphatic rings. The lowest BCUT2D eigenvalue weighted by Crippen LogP contribution is -2.59. The predicted octanol–water partition coefficient (Wildman–Crippen LogP) is 3.50. The molecule has 0 aromatic carbocycles. The van der Waals surface area contributed by atoms with Crippen LogP contribution in [0, 0.1) is 23.2 Å². The van der Waals surface area contributed by atoms with Gasteiger partial charge in [0.25, 0.3) is 0 Å². The van der Waals surface area contributed by atoms with E-state index in [1.165, 1.54) is 0 Å². The summed E-state index contributed by atoms with van der Waals surface area (Å²) in [5.74, 6) is 1.11. The van der Waals surface area contributed by atoms with Crippen molar-refractivity contribution in [3.05, 3.63) is 0 Å². The van der Waals surface area contributed by atoms with Crippen LogP contribution >= 0.6 is 0 Å². The molecule has 0 spiro atoms. The molecule has 0 unspecified atom stereocenters. The summed E-state index contributed by atoms with van der Waals surface area (Å²) >= 11 is 0. The number of likely N-dealkylation sites (N-methyl/N-ethyl adjacent to an activating group) is 1. The van der Waals surface area contributed by atoms with Crippen molar-refractivity contribution in [3.8, 4) is 0 Å². The van der Waals surface area contributed by atoms with Crippen molar-refractivity contribution in [2.24, 2.45) is 23.2 Å². The summed E-state index contributed by atoms with van der Waals surface area (Å²) in [7, 11) is 8.24. The summed E-state index contributed by atoms with van der Waals surface area (Å²) in [5, 5.41) is 0. The summed E-state index contributed by atoms with van der Waals surface area (Å²) in [4.78, 5) is 20.8. The van der Waals surface area contributed by atoms with E-state index in [2.05, 4.69) is 56.6 Å². The maximum absolute atomic E-state index is 13.5. The summed E-state index contributed by atoms with van der Waals surface area (Å²) in [6.07, 6.45) is 3.89. The highest BCUT2D eigenvalue weighted by molar-refractivity contribution is 5.75. The van der Waals surface area contributed by atoms with E-state index in [0.29, 0.717) is 30.9 Å². The van der Waals surface area contributed by atoms with Crippen LogP contribution in [0.25, 0.3) is 0 Å². The van der Waals surface area contributed by atoms with Crippen LogP contribution < -0.4 is 0 Å². The summed E-state index contributed by atoms with van der Waals surface area (Å²) in [6.45, 7) is 16.9. The van der Waals surface area contributed by atoms with E-state index >= 15 is 0 Å². The molecule has 41 heavy (non-hydrogen) atoms. The minimum Gasteiger partial charge on any atom is -0.464 e. The van der Waals surface area contributed by atoms with Crippen LogP contribution in [0.3, 0.4) is 0 Å². The first kappa shape index (κ1) is 33.1. The summed E-state index contributed by atoms with van der Waals surface area (Å²) in [6, 6.07) is 0.617. The molecule has 0 radical (unpaired) electrons. The SMILES string of the molecule is CO[C@]1(C)CCCN(C)[C@H](C2CN(CC3COC3)C2)COC(=O)C(C)(C)C[C@H](C)[C@H]1O[C@H]1C[C@@H](N(C)C)C[C@@H](C)O1. The molecule has 9 nitrogen and oxygen atoms in total. The van der Waals surface area contributed by atoms with Crippen LogP contribution in [-0.2, 0) is 28.5 Å². The number of rotatable bonds is 7. The number of ether oxygens (including phenoxy) is 5. The van der Waals surface area contributed by atoms with Crippen molar-refractivity contribution < 1.29 is 28.5 Å². The Morgan fingerprint density at radius 1 is 1.07 bits per heavy atom. The Balaban J connectivity index is 1.49. The molecule has 4 aliphatic heterocycles. The van der Waals surface area contributed by atoms with Gasteiger partial charge >= 0.3 is 5.97 Å². The number of hydrogen-bond acceptors (Lipinski definition) is 9. The van der Waals surface area contributed by atoms with Crippen molar-refractivity contribution in [1.82, 2.24) is 14.7 Å². The fourth-order valence-corrected chi connectivity index (χ4v) is 7.56. The van der Waals surface area contributed by atoms with E-state index in [0.717, 1.165) is 65.1 Å². The molecule has 4 rings (SSSR count). The van der Waals surface area contributed by atoms with Gasteiger partial charge in [0.05, 0.1) is 36.4 Å². The first-order valence-electron chi connectivity index (χ1n) is 16.0. The molecular formula is C32H59N3O6. The minimum atomic E-state index is -0.643. The Labute approximate surface area is 249 Å². The zero-order chi connectivity index (χ0) is 29.9. The number of likely N-dealkylation sites (tertiary alicyclic amines) is 1. The first-order valence-corrected chi connectivity index (χ1v) is 16.0. The number of nitrogens with zero attached hydrogens (tertiary/aromatic N) is 3. The Bertz CT molecular complexity index is 847. The quantitative estimate of drug-likeness (QED) is 0.420. The Morgan fingerprint density at radius 2 is 1.78 bits per heavy atom. The third-order valence-electron chi connectivity index (χ3n) is 10.3. The van der Waals surface area contributed by atoms with Gasteiger partial charge in [-0.1, -0.05) is 6.92 Å². The highest BCUT2D eigenvalue weighted by Gasteiger charge is 2.46. The number of hydrogen-bond donors (Lipinski definition) is 0. The van der Waals surface area contributed by atoms with Gasteiger partial charge in [0.1, 0.15) is 6.61 Å². The van der Waals surface area contributed by atoms with Crippen LogP contribution in [0.15, 0.2) is 0 Å². The van der Waals surface area contributed by atoms with Crippen molar-refractivity contribution in [2.45, 2.75) is 103 Å². The van der Waals surface area contributed by atoms with Crippen LogP contribution in [0.5, 0.6) is 0 Å². The summed E-state index contributed by atoms with van der Waals surface area (Å²) in [5.41, 5.74) is -1.16. The Kier molecular flexibility index (Phi) is 11.2. The molecule has 4 heterocycles. The van der Waals surface area contributed by atoms with E-state index < -0.39 is 11.0 Å². The second-order valence-corrected chi connectivity index (χ2v) is 14.7. The van der Waals surface area contributed by atoms with Gasteiger partial charge in [0.2, 0.25) is 0 Å². The second kappa shape index (κ2) is 13.9. The van der Waals surface area contributed by atoms with E-state index in [4.69, 9.17) is 23.7 Å². The molecule has 0 saturated carbocycles. The third-order valence-corrected chi connectivity index (χ3v) is 10.3. The van der Waals surface area contributed by atoms with Gasteiger partial charge in [0.15, 0.2) is 6.29 Å². The van der Waals surface area contributed by atoms with Crippen molar-refractivity contribution in [3.63, 3.8) is 0 Å². The van der Waals surface area contributed by atoms with Crippen molar-refractivity contribution in [1.29, 1.82) is 0 Å². The first-order chi connectivity index (χ1) is 19.3. The minimum absolute atomic E-state index is 0.0612. The number of methoxy groups -OCH3 is 1. The van der Waals surface area contributed by atoms with Gasteiger partial charge in [-0.15, -0.1) is 0 Å². The third kappa shape index (κ3) is 8.22. The average molecular weight is 582 g/mol. The maximum Gasteiger partial charge on any atom is 0.311 e. The standard InChI is InChI=1S/C32H59N3O6/c1-22-15-31(3,4)30(36)39-21-27(25-17-35(18-25)16-24-19-38-20-24)34(8)12-10-11-32(5,37-9)29(22)41-28-14-26(33(6)7)13-23(2)40-28/h22-29H,10-21H2,1-9H3/t22-,23+,26-,27-,28-,29+,32+/m0/s1. The van der Waals surface area contributed by atoms with Gasteiger partial charge in [-0.2, -0.15) is 0 Å². The van der Waals surface area contributed by atoms with Crippen LogP contribution in [0.4, 0.5) is 0 Å². The molecule has 238 valence electrons. The lowest BCUT2D eigenvalue weighted by molar-refractivity contribution is -0.264. The Hall–Kier alpha value is -0.810. The molecule has 4 saturated heterocycles. The van der Waals surface area contributed by atoms with Gasteiger partial charge in [-0.05, 0) is 87.0 Å². The average Bonchev–Trinajstić information content (AvgIpc) is 2.85. The summed E-state index contributed by atoms with van der Waals surface area (Å²) < 4.78 is 31.0. The lowest BCUT2D eigenvalue weighted by atomic mass is 9.76. The topological polar surface area (TPSA) is 72.9 Å². The zero-order valence-electron chi connectivity index (χ0n) is 27.4. The number of esters is 1. The van der Waals surface area contributed by atoms with E-state index in [9.17, 15) is 4.79 Å². The normalized spacial score (nSPS) is 39.2. The number of carbonyl (C=O) groups excluding carboxylic acids is 1. The fourth-order valence-electron chi connectivity index (χ4n) is 7.56. The van der Waals surface area contributed by atoms with Crippen LogP contribution in [0.1, 0.15) is 66.7 Å². The molecule has 7 atom stereocenters. The van der Waals surface area contributed by atoms with Gasteiger partial charge in [-0.25, -0.2) is 0 Å². The monoisotopic (exact) mass is 581 g/mol. The molecule has 0 aromatic rings. The molecule has 4 fully saturated rings. The molecule has 0 amide bonds. The van der Waals surface area contributed by atoms with Crippen molar-refractivity contribution in [2.75, 3.05) is 74.3 Å². The number of cyclic esters (lactones) is 1. The van der Waals surface area contributed by atoms with Gasteiger partial charge in [-0.3, -0.25) is 9.69 Å². The van der Waals surface area contributed by atoms with Crippen LogP contribution in [0.2, 0.25) is 0 Å². The van der Waals surface area contributed by atoms with Crippen LogP contribution in [-0.4, -0.2) is 131 Å².